The van der Waals surface area contributed by atoms with Gasteiger partial charge in [-0.15, -0.1) is 0 Å². The molecule has 160 valence electrons. The molecule has 1 atom stereocenters. The first kappa shape index (κ1) is 21.2. The van der Waals surface area contributed by atoms with Crippen LogP contribution >= 0.6 is 0 Å². The molecule has 2 amide bonds. The quantitative estimate of drug-likeness (QED) is 0.746. The molecule has 0 N–H and O–H groups in total. The number of hydrogen-bond acceptors (Lipinski definition) is 6. The predicted molar refractivity (Wildman–Crippen MR) is 108 cm³/mol. The van der Waals surface area contributed by atoms with Crippen LogP contribution in [0.15, 0.2) is 18.2 Å². The molecule has 2 aliphatic rings. The van der Waals surface area contributed by atoms with Crippen LogP contribution in [0.1, 0.15) is 25.8 Å². The second-order valence-corrected chi connectivity index (χ2v) is 7.36. The van der Waals surface area contributed by atoms with E-state index in [1.807, 2.05) is 23.1 Å². The van der Waals surface area contributed by atoms with Gasteiger partial charge in [-0.3, -0.25) is 9.69 Å². The lowest BCUT2D eigenvalue weighted by Gasteiger charge is -2.35. The van der Waals surface area contributed by atoms with E-state index in [1.54, 1.807) is 18.9 Å². The minimum atomic E-state index is -0.305. The lowest BCUT2D eigenvalue weighted by molar-refractivity contribution is -0.134. The average Bonchev–Trinajstić information content (AvgIpc) is 2.91. The monoisotopic (exact) mass is 405 g/mol. The van der Waals surface area contributed by atoms with Crippen molar-refractivity contribution in [3.63, 3.8) is 0 Å². The summed E-state index contributed by atoms with van der Waals surface area (Å²) < 4.78 is 16.5. The molecule has 0 aromatic heterocycles. The van der Waals surface area contributed by atoms with Gasteiger partial charge in [-0.1, -0.05) is 6.92 Å². The van der Waals surface area contributed by atoms with Crippen molar-refractivity contribution < 1.29 is 23.8 Å². The van der Waals surface area contributed by atoms with Crippen LogP contribution in [0.3, 0.4) is 0 Å². The number of rotatable bonds is 5. The highest BCUT2D eigenvalue weighted by atomic mass is 16.6. The summed E-state index contributed by atoms with van der Waals surface area (Å²) in [5.41, 5.74) is 1.03. The van der Waals surface area contributed by atoms with Crippen LogP contribution in [0, 0.1) is 0 Å². The second-order valence-electron chi connectivity index (χ2n) is 7.36. The molecular formula is C21H31N3O5. The van der Waals surface area contributed by atoms with Crippen LogP contribution in [0.25, 0.3) is 0 Å². The predicted octanol–water partition coefficient (Wildman–Crippen LogP) is 1.97. The molecular weight excluding hydrogens is 374 g/mol. The van der Waals surface area contributed by atoms with Gasteiger partial charge in [-0.25, -0.2) is 4.79 Å². The Balaban J connectivity index is 1.61. The van der Waals surface area contributed by atoms with Gasteiger partial charge in [0.2, 0.25) is 5.91 Å². The molecule has 8 heteroatoms. The van der Waals surface area contributed by atoms with Crippen LogP contribution in [0.5, 0.6) is 11.5 Å². The van der Waals surface area contributed by atoms with Gasteiger partial charge in [0.25, 0.3) is 0 Å². The standard InChI is InChI=1S/C21H31N3O5/c1-4-17-14-22(13-16-12-18(27-3)6-7-19(16)29-17)15-20(25)23-8-10-24(11-9-23)21(26)28-5-2/h6-7,12,17H,4-5,8-11,13-15H2,1-3H3/t17-/m0/s1. The van der Waals surface area contributed by atoms with Crippen molar-refractivity contribution in [3.05, 3.63) is 23.8 Å². The van der Waals surface area contributed by atoms with E-state index in [1.165, 1.54) is 0 Å². The molecule has 1 saturated heterocycles. The zero-order valence-corrected chi connectivity index (χ0v) is 17.6. The summed E-state index contributed by atoms with van der Waals surface area (Å²) in [6.07, 6.45) is 0.604. The third-order valence-corrected chi connectivity index (χ3v) is 5.39. The summed E-state index contributed by atoms with van der Waals surface area (Å²) in [5, 5.41) is 0. The van der Waals surface area contributed by atoms with Gasteiger partial charge in [0, 0.05) is 44.8 Å². The van der Waals surface area contributed by atoms with Crippen molar-refractivity contribution in [2.75, 3.05) is 53.0 Å². The lowest BCUT2D eigenvalue weighted by Crippen LogP contribution is -2.53. The van der Waals surface area contributed by atoms with E-state index in [2.05, 4.69) is 11.8 Å². The molecule has 1 aromatic rings. The summed E-state index contributed by atoms with van der Waals surface area (Å²) >= 11 is 0. The van der Waals surface area contributed by atoms with Gasteiger partial charge in [-0.2, -0.15) is 0 Å². The Kier molecular flexibility index (Phi) is 7.19. The maximum atomic E-state index is 12.9. The molecule has 2 heterocycles. The largest absolute Gasteiger partial charge is 0.497 e. The SMILES string of the molecule is CCOC(=O)N1CCN(C(=O)CN2Cc3cc(OC)ccc3O[C@@H](CC)C2)CC1. The van der Waals surface area contributed by atoms with Gasteiger partial charge in [-0.05, 0) is 31.5 Å². The summed E-state index contributed by atoms with van der Waals surface area (Å²) in [6, 6.07) is 5.81. The first-order chi connectivity index (χ1) is 14.0. The van der Waals surface area contributed by atoms with Crippen molar-refractivity contribution in [2.45, 2.75) is 32.9 Å². The van der Waals surface area contributed by atoms with E-state index in [-0.39, 0.29) is 18.1 Å². The topological polar surface area (TPSA) is 71.6 Å². The molecule has 0 saturated carbocycles. The van der Waals surface area contributed by atoms with Gasteiger partial charge < -0.3 is 24.0 Å². The summed E-state index contributed by atoms with van der Waals surface area (Å²) in [7, 11) is 1.64. The van der Waals surface area contributed by atoms with Crippen molar-refractivity contribution in [2.24, 2.45) is 0 Å². The van der Waals surface area contributed by atoms with Crippen LogP contribution < -0.4 is 9.47 Å². The molecule has 2 aliphatic heterocycles. The van der Waals surface area contributed by atoms with Gasteiger partial charge in [0.15, 0.2) is 0 Å². The molecule has 0 aliphatic carbocycles. The average molecular weight is 405 g/mol. The Hall–Kier alpha value is -2.48. The molecule has 3 rings (SSSR count). The normalized spacial score (nSPS) is 19.8. The van der Waals surface area contributed by atoms with E-state index in [0.29, 0.717) is 52.4 Å². The Morgan fingerprint density at radius 2 is 1.86 bits per heavy atom. The fourth-order valence-corrected chi connectivity index (χ4v) is 3.71. The Labute approximate surface area is 172 Å². The molecule has 1 fully saturated rings. The van der Waals surface area contributed by atoms with Crippen molar-refractivity contribution in [1.82, 2.24) is 14.7 Å². The molecule has 1 aromatic carbocycles. The van der Waals surface area contributed by atoms with Crippen LogP contribution in [-0.4, -0.2) is 85.8 Å². The number of carbonyl (C=O) groups excluding carboxylic acids is 2. The fraction of sp³-hybridized carbons (Fsp3) is 0.619. The van der Waals surface area contributed by atoms with Gasteiger partial charge >= 0.3 is 6.09 Å². The Morgan fingerprint density at radius 3 is 2.52 bits per heavy atom. The first-order valence-electron chi connectivity index (χ1n) is 10.3. The van der Waals surface area contributed by atoms with Crippen molar-refractivity contribution in [1.29, 1.82) is 0 Å². The zero-order valence-electron chi connectivity index (χ0n) is 17.6. The van der Waals surface area contributed by atoms with E-state index in [9.17, 15) is 9.59 Å². The van der Waals surface area contributed by atoms with E-state index >= 15 is 0 Å². The Morgan fingerprint density at radius 1 is 1.14 bits per heavy atom. The number of methoxy groups -OCH3 is 1. The molecule has 0 radical (unpaired) electrons. The van der Waals surface area contributed by atoms with Crippen LogP contribution in [0.4, 0.5) is 4.79 Å². The highest BCUT2D eigenvalue weighted by molar-refractivity contribution is 5.78. The van der Waals surface area contributed by atoms with E-state index < -0.39 is 0 Å². The highest BCUT2D eigenvalue weighted by Gasteiger charge is 2.28. The fourth-order valence-electron chi connectivity index (χ4n) is 3.71. The Bertz CT molecular complexity index is 718. The molecule has 0 unspecified atom stereocenters. The number of fused-ring (bicyclic) bond motifs is 1. The third-order valence-electron chi connectivity index (χ3n) is 5.39. The number of piperazine rings is 1. The van der Waals surface area contributed by atoms with Gasteiger partial charge in [0.05, 0.1) is 20.3 Å². The number of benzene rings is 1. The number of carbonyl (C=O) groups is 2. The second kappa shape index (κ2) is 9.82. The van der Waals surface area contributed by atoms with E-state index in [4.69, 9.17) is 14.2 Å². The van der Waals surface area contributed by atoms with Crippen LogP contribution in [0.2, 0.25) is 0 Å². The first-order valence-corrected chi connectivity index (χ1v) is 10.3. The molecule has 29 heavy (non-hydrogen) atoms. The zero-order chi connectivity index (χ0) is 20.8. The highest BCUT2D eigenvalue weighted by Crippen LogP contribution is 2.29. The number of ether oxygens (including phenoxy) is 3. The van der Waals surface area contributed by atoms with Gasteiger partial charge in [0.1, 0.15) is 17.6 Å². The molecule has 0 bridgehead atoms. The number of nitrogens with zero attached hydrogens (tertiary/aromatic N) is 3. The van der Waals surface area contributed by atoms with Crippen LogP contribution in [-0.2, 0) is 16.1 Å². The minimum Gasteiger partial charge on any atom is -0.497 e. The molecule has 8 nitrogen and oxygen atoms in total. The van der Waals surface area contributed by atoms with Crippen molar-refractivity contribution in [3.8, 4) is 11.5 Å². The minimum absolute atomic E-state index is 0.0399. The number of amides is 2. The van der Waals surface area contributed by atoms with E-state index in [0.717, 1.165) is 23.5 Å². The summed E-state index contributed by atoms with van der Waals surface area (Å²) in [4.78, 5) is 30.4. The maximum Gasteiger partial charge on any atom is 0.409 e. The summed E-state index contributed by atoms with van der Waals surface area (Å²) in [5.74, 6) is 1.72. The maximum absolute atomic E-state index is 12.9. The third kappa shape index (κ3) is 5.32. The lowest BCUT2D eigenvalue weighted by atomic mass is 10.1. The van der Waals surface area contributed by atoms with Crippen molar-refractivity contribution >= 4 is 12.0 Å². The smallest absolute Gasteiger partial charge is 0.409 e. The summed E-state index contributed by atoms with van der Waals surface area (Å²) in [6.45, 7) is 7.98. The molecule has 0 spiro atoms. The number of hydrogen-bond donors (Lipinski definition) is 0.